The third-order valence-electron chi connectivity index (χ3n) is 5.83. The summed E-state index contributed by atoms with van der Waals surface area (Å²) in [7, 11) is -2.06. The summed E-state index contributed by atoms with van der Waals surface area (Å²) in [6.45, 7) is 1.62. The largest absolute Gasteiger partial charge is 0.497 e. The Labute approximate surface area is 213 Å². The Morgan fingerprint density at radius 1 is 1.14 bits per heavy atom. The number of rotatable bonds is 7. The SMILES string of the molecule is COc1ccc2sc(N(Cc3cccnc3)C(=O)c3ccc(S(=O)(=O)N4CCOCC4)cc3)nc2c1. The molecule has 0 spiro atoms. The van der Waals surface area contributed by atoms with Crippen LogP contribution in [0.5, 0.6) is 5.75 Å². The highest BCUT2D eigenvalue weighted by atomic mass is 32.2. The van der Waals surface area contributed by atoms with E-state index in [2.05, 4.69) is 4.98 Å². The van der Waals surface area contributed by atoms with Crippen LogP contribution in [-0.2, 0) is 21.3 Å². The lowest BCUT2D eigenvalue weighted by Crippen LogP contribution is -2.40. The van der Waals surface area contributed by atoms with Gasteiger partial charge in [-0.1, -0.05) is 17.4 Å². The van der Waals surface area contributed by atoms with Crippen molar-refractivity contribution < 1.29 is 22.7 Å². The Hall–Kier alpha value is -3.38. The van der Waals surface area contributed by atoms with Gasteiger partial charge in [-0.2, -0.15) is 4.31 Å². The number of pyridine rings is 1. The number of ether oxygens (including phenoxy) is 2. The molecule has 1 saturated heterocycles. The number of hydrogen-bond donors (Lipinski definition) is 0. The average molecular weight is 525 g/mol. The summed E-state index contributed by atoms with van der Waals surface area (Å²) < 4.78 is 38.8. The topological polar surface area (TPSA) is 102 Å². The van der Waals surface area contributed by atoms with Gasteiger partial charge in [-0.3, -0.25) is 14.7 Å². The summed E-state index contributed by atoms with van der Waals surface area (Å²) in [5.74, 6) is 0.391. The maximum atomic E-state index is 13.7. The van der Waals surface area contributed by atoms with Gasteiger partial charge in [0.15, 0.2) is 5.13 Å². The number of thiazole rings is 1. The van der Waals surface area contributed by atoms with Crippen LogP contribution in [0, 0.1) is 0 Å². The van der Waals surface area contributed by atoms with Crippen molar-refractivity contribution in [3.8, 4) is 5.75 Å². The number of amides is 1. The second-order valence-electron chi connectivity index (χ2n) is 8.12. The summed E-state index contributed by atoms with van der Waals surface area (Å²) in [5.41, 5.74) is 1.93. The number of sulfonamides is 1. The van der Waals surface area contributed by atoms with Gasteiger partial charge in [-0.05, 0) is 48.0 Å². The fourth-order valence-electron chi connectivity index (χ4n) is 3.90. The zero-order chi connectivity index (χ0) is 25.1. The van der Waals surface area contributed by atoms with Crippen molar-refractivity contribution >= 4 is 42.6 Å². The van der Waals surface area contributed by atoms with Gasteiger partial charge in [0.1, 0.15) is 5.75 Å². The van der Waals surface area contributed by atoms with E-state index in [9.17, 15) is 13.2 Å². The molecule has 0 saturated carbocycles. The fourth-order valence-corrected chi connectivity index (χ4v) is 6.25. The van der Waals surface area contributed by atoms with Crippen molar-refractivity contribution in [3.05, 3.63) is 78.1 Å². The molecule has 0 bridgehead atoms. The Kier molecular flexibility index (Phi) is 6.97. The molecule has 0 N–H and O–H groups in total. The van der Waals surface area contributed by atoms with Crippen molar-refractivity contribution in [2.45, 2.75) is 11.4 Å². The molecule has 36 heavy (non-hydrogen) atoms. The molecule has 1 aliphatic rings. The van der Waals surface area contributed by atoms with Gasteiger partial charge in [0.05, 0.1) is 42.0 Å². The van der Waals surface area contributed by atoms with Crippen molar-refractivity contribution in [3.63, 3.8) is 0 Å². The predicted octanol–water partition coefficient (Wildman–Crippen LogP) is 3.57. The molecular weight excluding hydrogens is 500 g/mol. The maximum Gasteiger partial charge on any atom is 0.260 e. The number of carbonyl (C=O) groups is 1. The molecule has 2 aromatic heterocycles. The standard InChI is InChI=1S/C25H24N4O5S2/c1-33-20-6-9-23-22(15-20)27-25(35-23)29(17-18-3-2-10-26-16-18)24(30)19-4-7-21(8-5-19)36(31,32)28-11-13-34-14-12-28/h2-10,15-16H,11-14,17H2,1H3. The number of methoxy groups -OCH3 is 1. The van der Waals surface area contributed by atoms with E-state index in [1.807, 2.05) is 30.3 Å². The van der Waals surface area contributed by atoms with Crippen molar-refractivity contribution in [2.75, 3.05) is 38.3 Å². The molecule has 0 radical (unpaired) electrons. The van der Waals surface area contributed by atoms with Crippen LogP contribution < -0.4 is 9.64 Å². The van der Waals surface area contributed by atoms with Gasteiger partial charge in [-0.15, -0.1) is 0 Å². The van der Waals surface area contributed by atoms with Crippen LogP contribution in [0.25, 0.3) is 10.2 Å². The van der Waals surface area contributed by atoms with Crippen LogP contribution in [0.2, 0.25) is 0 Å². The summed E-state index contributed by atoms with van der Waals surface area (Å²) in [6, 6.07) is 15.3. The molecule has 1 fully saturated rings. The van der Waals surface area contributed by atoms with E-state index < -0.39 is 10.0 Å². The van der Waals surface area contributed by atoms with Crippen LogP contribution in [-0.4, -0.2) is 62.0 Å². The number of carbonyl (C=O) groups excluding carboxylic acids is 1. The first-order valence-electron chi connectivity index (χ1n) is 11.3. The Bertz CT molecular complexity index is 1470. The molecule has 186 valence electrons. The molecule has 0 atom stereocenters. The summed E-state index contributed by atoms with van der Waals surface area (Å²) in [6.07, 6.45) is 3.38. The highest BCUT2D eigenvalue weighted by Crippen LogP contribution is 2.33. The second kappa shape index (κ2) is 10.3. The van der Waals surface area contributed by atoms with Crippen molar-refractivity contribution in [2.24, 2.45) is 0 Å². The summed E-state index contributed by atoms with van der Waals surface area (Å²) in [4.78, 5) is 24.3. The lowest BCUT2D eigenvalue weighted by atomic mass is 10.2. The second-order valence-corrected chi connectivity index (χ2v) is 11.1. The fraction of sp³-hybridized carbons (Fsp3) is 0.240. The predicted molar refractivity (Wildman–Crippen MR) is 137 cm³/mol. The van der Waals surface area contributed by atoms with Crippen molar-refractivity contribution in [1.82, 2.24) is 14.3 Å². The monoisotopic (exact) mass is 524 g/mol. The first-order chi connectivity index (χ1) is 17.5. The first-order valence-corrected chi connectivity index (χ1v) is 13.5. The maximum absolute atomic E-state index is 13.7. The molecular formula is C25H24N4O5S2. The van der Waals surface area contributed by atoms with Crippen LogP contribution in [0.4, 0.5) is 5.13 Å². The number of nitrogens with zero attached hydrogens (tertiary/aromatic N) is 4. The number of benzene rings is 2. The van der Waals surface area contributed by atoms with Gasteiger partial charge in [0.2, 0.25) is 10.0 Å². The average Bonchev–Trinajstić information content (AvgIpc) is 3.35. The smallest absolute Gasteiger partial charge is 0.260 e. The van der Waals surface area contributed by atoms with Gasteiger partial charge in [0, 0.05) is 37.1 Å². The highest BCUT2D eigenvalue weighted by Gasteiger charge is 2.27. The highest BCUT2D eigenvalue weighted by molar-refractivity contribution is 7.89. The molecule has 1 aliphatic heterocycles. The Morgan fingerprint density at radius 3 is 2.61 bits per heavy atom. The number of fused-ring (bicyclic) bond motifs is 1. The lowest BCUT2D eigenvalue weighted by Gasteiger charge is -2.26. The Balaban J connectivity index is 1.47. The van der Waals surface area contributed by atoms with Crippen LogP contribution in [0.3, 0.4) is 0 Å². The number of morpholine rings is 1. The third-order valence-corrected chi connectivity index (χ3v) is 8.80. The third kappa shape index (κ3) is 4.96. The minimum atomic E-state index is -3.65. The first kappa shape index (κ1) is 24.3. The molecule has 1 amide bonds. The summed E-state index contributed by atoms with van der Waals surface area (Å²) in [5, 5.41) is 0.525. The molecule has 4 aromatic rings. The number of hydrogen-bond acceptors (Lipinski definition) is 8. The minimum Gasteiger partial charge on any atom is -0.497 e. The van der Waals surface area contributed by atoms with E-state index in [4.69, 9.17) is 14.5 Å². The quantitative estimate of drug-likeness (QED) is 0.364. The molecule has 2 aromatic carbocycles. The minimum absolute atomic E-state index is 0.145. The van der Waals surface area contributed by atoms with Gasteiger partial charge in [-0.25, -0.2) is 13.4 Å². The van der Waals surface area contributed by atoms with Crippen LogP contribution in [0.1, 0.15) is 15.9 Å². The lowest BCUT2D eigenvalue weighted by molar-refractivity contribution is 0.0730. The molecule has 5 rings (SSSR count). The van der Waals surface area contributed by atoms with E-state index >= 15 is 0 Å². The zero-order valence-electron chi connectivity index (χ0n) is 19.5. The van der Waals surface area contributed by atoms with Gasteiger partial charge in [0.25, 0.3) is 5.91 Å². The molecule has 3 heterocycles. The van der Waals surface area contributed by atoms with E-state index in [1.54, 1.807) is 36.5 Å². The van der Waals surface area contributed by atoms with E-state index in [0.717, 1.165) is 15.8 Å². The Morgan fingerprint density at radius 2 is 1.92 bits per heavy atom. The zero-order valence-corrected chi connectivity index (χ0v) is 21.2. The van der Waals surface area contributed by atoms with Crippen molar-refractivity contribution in [1.29, 1.82) is 0 Å². The van der Waals surface area contributed by atoms with E-state index in [1.165, 1.54) is 27.8 Å². The molecule has 0 unspecified atom stereocenters. The molecule has 9 nitrogen and oxygen atoms in total. The van der Waals surface area contributed by atoms with E-state index in [-0.39, 0.29) is 17.3 Å². The molecule has 0 aliphatic carbocycles. The van der Waals surface area contributed by atoms with Crippen LogP contribution in [0.15, 0.2) is 71.9 Å². The van der Waals surface area contributed by atoms with Gasteiger partial charge < -0.3 is 9.47 Å². The number of aromatic nitrogens is 2. The summed E-state index contributed by atoms with van der Waals surface area (Å²) >= 11 is 1.40. The normalized spacial score (nSPS) is 14.6. The van der Waals surface area contributed by atoms with E-state index in [0.29, 0.717) is 42.7 Å². The van der Waals surface area contributed by atoms with Crippen LogP contribution >= 0.6 is 11.3 Å². The van der Waals surface area contributed by atoms with Gasteiger partial charge >= 0.3 is 0 Å². The molecule has 11 heteroatoms. The number of anilines is 1.